The summed E-state index contributed by atoms with van der Waals surface area (Å²) in [5.74, 6) is 0.747. The molecule has 0 amide bonds. The fourth-order valence-corrected chi connectivity index (χ4v) is 0.971. The van der Waals surface area contributed by atoms with E-state index < -0.39 is 5.54 Å². The molecule has 0 aliphatic heterocycles. The predicted octanol–water partition coefficient (Wildman–Crippen LogP) is 1.61. The molecule has 74 valence electrons. The largest absolute Gasteiger partial charge is 0.491 e. The van der Waals surface area contributed by atoms with Crippen LogP contribution < -0.4 is 10.5 Å². The van der Waals surface area contributed by atoms with Gasteiger partial charge in [0.15, 0.2) is 0 Å². The van der Waals surface area contributed by atoms with E-state index >= 15 is 0 Å². The van der Waals surface area contributed by atoms with Gasteiger partial charge in [0.2, 0.25) is 0 Å². The van der Waals surface area contributed by atoms with Crippen molar-refractivity contribution in [2.45, 2.75) is 19.4 Å². The highest BCUT2D eigenvalue weighted by molar-refractivity contribution is 5.27. The summed E-state index contributed by atoms with van der Waals surface area (Å²) < 4.78 is 5.40. The van der Waals surface area contributed by atoms with Gasteiger partial charge in [0.1, 0.15) is 17.9 Å². The monoisotopic (exact) mass is 190 g/mol. The lowest BCUT2D eigenvalue weighted by molar-refractivity contribution is 0.264. The quantitative estimate of drug-likeness (QED) is 0.787. The molecule has 0 bridgehead atoms. The van der Waals surface area contributed by atoms with E-state index in [0.717, 1.165) is 11.3 Å². The number of ether oxygens (including phenoxy) is 1. The highest BCUT2D eigenvalue weighted by Crippen LogP contribution is 2.13. The molecule has 0 aliphatic carbocycles. The molecular weight excluding hydrogens is 176 g/mol. The van der Waals surface area contributed by atoms with Gasteiger partial charge >= 0.3 is 0 Å². The molecule has 14 heavy (non-hydrogen) atoms. The summed E-state index contributed by atoms with van der Waals surface area (Å²) in [5.41, 5.74) is 5.81. The van der Waals surface area contributed by atoms with Crippen molar-refractivity contribution in [3.05, 3.63) is 29.8 Å². The van der Waals surface area contributed by atoms with Crippen LogP contribution in [0.1, 0.15) is 12.5 Å². The maximum atomic E-state index is 8.67. The minimum atomic E-state index is -0.927. The summed E-state index contributed by atoms with van der Waals surface area (Å²) in [7, 11) is 0. The molecule has 0 saturated heterocycles. The van der Waals surface area contributed by atoms with E-state index in [1.165, 1.54) is 0 Å². The maximum Gasteiger partial charge on any atom is 0.135 e. The first kappa shape index (κ1) is 10.6. The Labute approximate surface area is 84.1 Å². The Bertz CT molecular complexity index is 353. The fourth-order valence-electron chi connectivity index (χ4n) is 0.971. The van der Waals surface area contributed by atoms with Crippen molar-refractivity contribution in [2.75, 3.05) is 6.61 Å². The zero-order chi connectivity index (χ0) is 10.6. The number of rotatable bonds is 3. The van der Waals surface area contributed by atoms with Gasteiger partial charge in [-0.3, -0.25) is 0 Å². The van der Waals surface area contributed by atoms with Crippen LogP contribution in [0.25, 0.3) is 0 Å². The van der Waals surface area contributed by atoms with Gasteiger partial charge in [-0.05, 0) is 31.5 Å². The normalized spacial score (nSPS) is 14.1. The van der Waals surface area contributed by atoms with Crippen LogP contribution >= 0.6 is 0 Å². The molecule has 2 N–H and O–H groups in total. The van der Waals surface area contributed by atoms with Crippen LogP contribution in [0.15, 0.2) is 24.3 Å². The van der Waals surface area contributed by atoms with E-state index in [-0.39, 0.29) is 6.61 Å². The standard InChI is InChI=1S/C11H14N2O/c1-9-4-3-5-10(6-9)14-8-11(2,13)7-12/h3-6H,8,13H2,1-2H3. The van der Waals surface area contributed by atoms with Crippen molar-refractivity contribution < 1.29 is 4.74 Å². The number of nitriles is 1. The van der Waals surface area contributed by atoms with Gasteiger partial charge in [-0.2, -0.15) is 5.26 Å². The Balaban J connectivity index is 2.59. The fraction of sp³-hybridized carbons (Fsp3) is 0.364. The van der Waals surface area contributed by atoms with Crippen LogP contribution in [0.3, 0.4) is 0 Å². The Kier molecular flexibility index (Phi) is 3.10. The van der Waals surface area contributed by atoms with E-state index in [9.17, 15) is 0 Å². The number of benzene rings is 1. The van der Waals surface area contributed by atoms with E-state index in [0.29, 0.717) is 0 Å². The summed E-state index contributed by atoms with van der Waals surface area (Å²) in [6.07, 6.45) is 0. The van der Waals surface area contributed by atoms with Crippen LogP contribution in [0, 0.1) is 18.3 Å². The summed E-state index contributed by atoms with van der Waals surface area (Å²) in [6, 6.07) is 9.63. The van der Waals surface area contributed by atoms with Gasteiger partial charge in [-0.1, -0.05) is 12.1 Å². The van der Waals surface area contributed by atoms with Crippen molar-refractivity contribution >= 4 is 0 Å². The topological polar surface area (TPSA) is 59.0 Å². The second kappa shape index (κ2) is 4.12. The third-order valence-corrected chi connectivity index (χ3v) is 1.78. The summed E-state index contributed by atoms with van der Waals surface area (Å²) >= 11 is 0. The average molecular weight is 190 g/mol. The number of nitrogens with two attached hydrogens (primary N) is 1. The minimum Gasteiger partial charge on any atom is -0.491 e. The van der Waals surface area contributed by atoms with E-state index in [1.807, 2.05) is 37.3 Å². The second-order valence-corrected chi connectivity index (χ2v) is 3.63. The van der Waals surface area contributed by atoms with Crippen LogP contribution in [-0.4, -0.2) is 12.1 Å². The zero-order valence-corrected chi connectivity index (χ0v) is 8.45. The Hall–Kier alpha value is -1.53. The van der Waals surface area contributed by atoms with Crippen molar-refractivity contribution in [3.63, 3.8) is 0 Å². The molecule has 0 spiro atoms. The number of hydrogen-bond acceptors (Lipinski definition) is 3. The van der Waals surface area contributed by atoms with Crippen LogP contribution in [0.5, 0.6) is 5.75 Å². The molecule has 0 aliphatic rings. The van der Waals surface area contributed by atoms with E-state index in [2.05, 4.69) is 0 Å². The Morgan fingerprint density at radius 1 is 1.57 bits per heavy atom. The number of hydrogen-bond donors (Lipinski definition) is 1. The molecule has 1 rings (SSSR count). The Morgan fingerprint density at radius 3 is 2.86 bits per heavy atom. The third-order valence-electron chi connectivity index (χ3n) is 1.78. The van der Waals surface area contributed by atoms with Crippen molar-refractivity contribution in [1.29, 1.82) is 5.26 Å². The van der Waals surface area contributed by atoms with Gasteiger partial charge < -0.3 is 10.5 Å². The van der Waals surface area contributed by atoms with Gasteiger partial charge in [-0.25, -0.2) is 0 Å². The van der Waals surface area contributed by atoms with Gasteiger partial charge in [0, 0.05) is 0 Å². The SMILES string of the molecule is Cc1cccc(OCC(C)(N)C#N)c1. The number of aryl methyl sites for hydroxylation is 1. The smallest absolute Gasteiger partial charge is 0.135 e. The highest BCUT2D eigenvalue weighted by atomic mass is 16.5. The summed E-state index contributed by atoms with van der Waals surface area (Å²) in [4.78, 5) is 0. The number of nitrogens with zero attached hydrogens (tertiary/aromatic N) is 1. The lowest BCUT2D eigenvalue weighted by Crippen LogP contribution is -2.40. The molecule has 3 heteroatoms. The molecular formula is C11H14N2O. The molecule has 1 aromatic carbocycles. The molecule has 0 heterocycles. The molecule has 0 fully saturated rings. The predicted molar refractivity (Wildman–Crippen MR) is 54.9 cm³/mol. The summed E-state index contributed by atoms with van der Waals surface area (Å²) in [6.45, 7) is 3.83. The summed E-state index contributed by atoms with van der Waals surface area (Å²) in [5, 5.41) is 8.67. The van der Waals surface area contributed by atoms with Crippen molar-refractivity contribution in [3.8, 4) is 11.8 Å². The van der Waals surface area contributed by atoms with Gasteiger partial charge in [0.25, 0.3) is 0 Å². The van der Waals surface area contributed by atoms with Crippen molar-refractivity contribution in [1.82, 2.24) is 0 Å². The van der Waals surface area contributed by atoms with E-state index in [1.54, 1.807) is 6.92 Å². The van der Waals surface area contributed by atoms with Crippen molar-refractivity contribution in [2.24, 2.45) is 5.73 Å². The lowest BCUT2D eigenvalue weighted by Gasteiger charge is -2.16. The lowest BCUT2D eigenvalue weighted by atomic mass is 10.1. The highest BCUT2D eigenvalue weighted by Gasteiger charge is 2.17. The Morgan fingerprint density at radius 2 is 2.29 bits per heavy atom. The molecule has 1 aromatic rings. The second-order valence-electron chi connectivity index (χ2n) is 3.63. The first-order valence-electron chi connectivity index (χ1n) is 4.43. The van der Waals surface area contributed by atoms with Crippen LogP contribution in [-0.2, 0) is 0 Å². The first-order chi connectivity index (χ1) is 6.53. The van der Waals surface area contributed by atoms with Crippen LogP contribution in [0.4, 0.5) is 0 Å². The molecule has 3 nitrogen and oxygen atoms in total. The van der Waals surface area contributed by atoms with E-state index in [4.69, 9.17) is 15.7 Å². The maximum absolute atomic E-state index is 8.67. The molecule has 1 atom stereocenters. The molecule has 0 aromatic heterocycles. The minimum absolute atomic E-state index is 0.201. The molecule has 1 unspecified atom stereocenters. The van der Waals surface area contributed by atoms with Crippen LogP contribution in [0.2, 0.25) is 0 Å². The third kappa shape index (κ3) is 3.08. The first-order valence-corrected chi connectivity index (χ1v) is 4.43. The van der Waals surface area contributed by atoms with Gasteiger partial charge in [-0.15, -0.1) is 0 Å². The average Bonchev–Trinajstić information content (AvgIpc) is 2.15. The zero-order valence-electron chi connectivity index (χ0n) is 8.45. The van der Waals surface area contributed by atoms with Gasteiger partial charge in [0.05, 0.1) is 6.07 Å². The molecule has 0 saturated carbocycles. The molecule has 0 radical (unpaired) electrons.